The highest BCUT2D eigenvalue weighted by Gasteiger charge is 2.11. The molecule has 0 aliphatic rings. The number of ether oxygens (including phenoxy) is 1. The summed E-state index contributed by atoms with van der Waals surface area (Å²) in [5.41, 5.74) is 9.32. The quantitative estimate of drug-likeness (QED) is 0.505. The van der Waals surface area contributed by atoms with Crippen molar-refractivity contribution in [1.82, 2.24) is 19.5 Å². The normalized spacial score (nSPS) is 11.2. The summed E-state index contributed by atoms with van der Waals surface area (Å²) >= 11 is 0. The Morgan fingerprint density at radius 3 is 2.77 bits per heavy atom. The summed E-state index contributed by atoms with van der Waals surface area (Å²) < 4.78 is 7.05. The standard InChI is InChI=1S/C18H24N6O2/c1-2-3-4-13-5-7-14(8-6-13)21-18-22-16(19)15-17(23-18)24(11-20-15)12-26-10-9-25/h5-8,11,25H,2-4,9-10,12H2,1H3,(H3,19,21,22,23). The summed E-state index contributed by atoms with van der Waals surface area (Å²) in [4.78, 5) is 13.0. The van der Waals surface area contributed by atoms with Crippen LogP contribution in [0.15, 0.2) is 30.6 Å². The summed E-state index contributed by atoms with van der Waals surface area (Å²) in [6.07, 6.45) is 5.05. The lowest BCUT2D eigenvalue weighted by Gasteiger charge is -2.09. The van der Waals surface area contributed by atoms with E-state index in [0.717, 1.165) is 12.1 Å². The molecule has 0 saturated carbocycles. The lowest BCUT2D eigenvalue weighted by molar-refractivity contribution is 0.0499. The number of aryl methyl sites for hydroxylation is 1. The third-order valence-corrected chi connectivity index (χ3v) is 3.99. The fourth-order valence-corrected chi connectivity index (χ4v) is 2.61. The number of imidazole rings is 1. The molecule has 0 unspecified atom stereocenters. The van der Waals surface area contributed by atoms with Crippen molar-refractivity contribution in [1.29, 1.82) is 0 Å². The first-order valence-corrected chi connectivity index (χ1v) is 8.74. The second-order valence-corrected chi connectivity index (χ2v) is 6.01. The fraction of sp³-hybridized carbons (Fsp3) is 0.389. The number of aliphatic hydroxyl groups excluding tert-OH is 1. The number of nitrogen functional groups attached to an aromatic ring is 1. The molecule has 138 valence electrons. The van der Waals surface area contributed by atoms with Crippen LogP contribution >= 0.6 is 0 Å². The summed E-state index contributed by atoms with van der Waals surface area (Å²) in [5, 5.41) is 12.0. The van der Waals surface area contributed by atoms with E-state index in [1.54, 1.807) is 10.9 Å². The van der Waals surface area contributed by atoms with Gasteiger partial charge in [0, 0.05) is 5.69 Å². The van der Waals surface area contributed by atoms with Crippen LogP contribution in [0, 0.1) is 0 Å². The van der Waals surface area contributed by atoms with Gasteiger partial charge in [0.05, 0.1) is 19.5 Å². The molecule has 26 heavy (non-hydrogen) atoms. The molecule has 0 bridgehead atoms. The summed E-state index contributed by atoms with van der Waals surface area (Å²) in [6, 6.07) is 8.23. The van der Waals surface area contributed by atoms with Crippen molar-refractivity contribution >= 4 is 28.6 Å². The highest BCUT2D eigenvalue weighted by Crippen LogP contribution is 2.21. The minimum atomic E-state index is -0.0369. The zero-order valence-corrected chi connectivity index (χ0v) is 14.9. The minimum absolute atomic E-state index is 0.0369. The molecular weight excluding hydrogens is 332 g/mol. The maximum atomic E-state index is 8.82. The van der Waals surface area contributed by atoms with Gasteiger partial charge in [0.2, 0.25) is 5.95 Å². The lowest BCUT2D eigenvalue weighted by Crippen LogP contribution is -2.07. The fourth-order valence-electron chi connectivity index (χ4n) is 2.61. The van der Waals surface area contributed by atoms with Crippen molar-refractivity contribution in [3.63, 3.8) is 0 Å². The van der Waals surface area contributed by atoms with Gasteiger partial charge in [0.1, 0.15) is 12.2 Å². The molecule has 0 radical (unpaired) electrons. The van der Waals surface area contributed by atoms with Gasteiger partial charge in [-0.25, -0.2) is 4.98 Å². The van der Waals surface area contributed by atoms with E-state index < -0.39 is 0 Å². The molecule has 3 rings (SSSR count). The van der Waals surface area contributed by atoms with Gasteiger partial charge < -0.3 is 20.9 Å². The molecule has 0 atom stereocenters. The number of benzene rings is 1. The summed E-state index contributed by atoms with van der Waals surface area (Å²) in [7, 11) is 0. The lowest BCUT2D eigenvalue weighted by atomic mass is 10.1. The largest absolute Gasteiger partial charge is 0.394 e. The van der Waals surface area contributed by atoms with Crippen molar-refractivity contribution in [3.8, 4) is 0 Å². The Morgan fingerprint density at radius 2 is 2.04 bits per heavy atom. The molecule has 0 amide bonds. The van der Waals surface area contributed by atoms with E-state index >= 15 is 0 Å². The van der Waals surface area contributed by atoms with Crippen LogP contribution in [0.1, 0.15) is 25.3 Å². The van der Waals surface area contributed by atoms with Gasteiger partial charge in [-0.2, -0.15) is 9.97 Å². The van der Waals surface area contributed by atoms with Crippen LogP contribution in [0.25, 0.3) is 11.2 Å². The topological polar surface area (TPSA) is 111 Å². The Morgan fingerprint density at radius 1 is 1.23 bits per heavy atom. The maximum Gasteiger partial charge on any atom is 0.231 e. The molecule has 1 aromatic carbocycles. The summed E-state index contributed by atoms with van der Waals surface area (Å²) in [5.74, 6) is 0.707. The number of aromatic nitrogens is 4. The monoisotopic (exact) mass is 356 g/mol. The predicted molar refractivity (Wildman–Crippen MR) is 101 cm³/mol. The molecule has 4 N–H and O–H groups in total. The number of anilines is 3. The van der Waals surface area contributed by atoms with Gasteiger partial charge in [0.15, 0.2) is 11.5 Å². The van der Waals surface area contributed by atoms with Crippen molar-refractivity contribution in [2.24, 2.45) is 0 Å². The van der Waals surface area contributed by atoms with E-state index in [9.17, 15) is 0 Å². The Hall–Kier alpha value is -2.71. The first-order chi connectivity index (χ1) is 12.7. The average molecular weight is 356 g/mol. The molecule has 8 heteroatoms. The molecule has 2 heterocycles. The van der Waals surface area contributed by atoms with Gasteiger partial charge in [0.25, 0.3) is 0 Å². The first kappa shape index (κ1) is 18.1. The number of unbranched alkanes of at least 4 members (excludes halogenated alkanes) is 1. The third kappa shape index (κ3) is 4.27. The maximum absolute atomic E-state index is 8.82. The van der Waals surface area contributed by atoms with Crippen molar-refractivity contribution in [2.45, 2.75) is 32.9 Å². The Kier molecular flexibility index (Phi) is 5.98. The van der Waals surface area contributed by atoms with Gasteiger partial charge in [-0.3, -0.25) is 4.57 Å². The third-order valence-electron chi connectivity index (χ3n) is 3.99. The van der Waals surface area contributed by atoms with Gasteiger partial charge >= 0.3 is 0 Å². The highest BCUT2D eigenvalue weighted by molar-refractivity contribution is 5.83. The van der Waals surface area contributed by atoms with Crippen LogP contribution < -0.4 is 11.1 Å². The number of rotatable bonds is 9. The van der Waals surface area contributed by atoms with E-state index in [0.29, 0.717) is 22.9 Å². The molecule has 0 saturated heterocycles. The smallest absolute Gasteiger partial charge is 0.231 e. The number of hydrogen-bond donors (Lipinski definition) is 3. The zero-order valence-electron chi connectivity index (χ0n) is 14.9. The van der Waals surface area contributed by atoms with E-state index in [1.807, 2.05) is 12.1 Å². The molecule has 0 fully saturated rings. The molecule has 0 spiro atoms. The van der Waals surface area contributed by atoms with Gasteiger partial charge in [-0.1, -0.05) is 25.5 Å². The minimum Gasteiger partial charge on any atom is -0.394 e. The van der Waals surface area contributed by atoms with Crippen molar-refractivity contribution < 1.29 is 9.84 Å². The number of nitrogens with zero attached hydrogens (tertiary/aromatic N) is 4. The number of hydrogen-bond acceptors (Lipinski definition) is 7. The van der Waals surface area contributed by atoms with Crippen molar-refractivity contribution in [2.75, 3.05) is 24.3 Å². The van der Waals surface area contributed by atoms with Crippen LogP contribution in [0.2, 0.25) is 0 Å². The summed E-state index contributed by atoms with van der Waals surface area (Å²) in [6.45, 7) is 2.63. The molecule has 0 aliphatic carbocycles. The van der Waals surface area contributed by atoms with Crippen LogP contribution in [-0.2, 0) is 17.9 Å². The average Bonchev–Trinajstić information content (AvgIpc) is 3.05. The highest BCUT2D eigenvalue weighted by atomic mass is 16.5. The second-order valence-electron chi connectivity index (χ2n) is 6.01. The SMILES string of the molecule is CCCCc1ccc(Nc2nc(N)c3ncn(COCCO)c3n2)cc1. The number of aliphatic hydroxyl groups is 1. The molecular formula is C18H24N6O2. The number of nitrogens with two attached hydrogens (primary N) is 1. The molecule has 2 aromatic heterocycles. The van der Waals surface area contributed by atoms with Crippen LogP contribution in [0.5, 0.6) is 0 Å². The van der Waals surface area contributed by atoms with E-state index in [-0.39, 0.29) is 19.9 Å². The molecule has 8 nitrogen and oxygen atoms in total. The second kappa shape index (κ2) is 8.59. The number of fused-ring (bicyclic) bond motifs is 1. The van der Waals surface area contributed by atoms with Gasteiger partial charge in [-0.15, -0.1) is 0 Å². The first-order valence-electron chi connectivity index (χ1n) is 8.74. The predicted octanol–water partition coefficient (Wildman–Crippen LogP) is 2.46. The van der Waals surface area contributed by atoms with Crippen LogP contribution in [0.4, 0.5) is 17.5 Å². The zero-order chi connectivity index (χ0) is 18.4. The molecule has 0 aliphatic heterocycles. The molecule has 3 aromatic rings. The Labute approximate surface area is 152 Å². The van der Waals surface area contributed by atoms with Crippen molar-refractivity contribution in [3.05, 3.63) is 36.2 Å². The Bertz CT molecular complexity index is 847. The van der Waals surface area contributed by atoms with Crippen LogP contribution in [0.3, 0.4) is 0 Å². The van der Waals surface area contributed by atoms with E-state index in [4.69, 9.17) is 15.6 Å². The Balaban J connectivity index is 1.78. The van der Waals surface area contributed by atoms with Crippen LogP contribution in [-0.4, -0.2) is 37.8 Å². The van der Waals surface area contributed by atoms with Gasteiger partial charge in [-0.05, 0) is 30.5 Å². The number of nitrogens with one attached hydrogen (secondary N) is 1. The van der Waals surface area contributed by atoms with E-state index in [2.05, 4.69) is 39.3 Å². The van der Waals surface area contributed by atoms with E-state index in [1.165, 1.54) is 18.4 Å².